The van der Waals surface area contributed by atoms with E-state index >= 15 is 0 Å². The van der Waals surface area contributed by atoms with Crippen molar-refractivity contribution in [2.75, 3.05) is 18.8 Å². The lowest BCUT2D eigenvalue weighted by Crippen LogP contribution is -2.39. The van der Waals surface area contributed by atoms with Gasteiger partial charge >= 0.3 is 6.18 Å². The van der Waals surface area contributed by atoms with Gasteiger partial charge in [-0.1, -0.05) is 6.92 Å². The van der Waals surface area contributed by atoms with Gasteiger partial charge in [0.25, 0.3) is 5.91 Å². The summed E-state index contributed by atoms with van der Waals surface area (Å²) in [5.41, 5.74) is -0.661. The lowest BCUT2D eigenvalue weighted by Gasteiger charge is -2.17. The van der Waals surface area contributed by atoms with Gasteiger partial charge in [-0.3, -0.25) is 4.79 Å². The number of likely N-dealkylation sites (tertiary alicyclic amines) is 1. The van der Waals surface area contributed by atoms with E-state index in [1.54, 1.807) is 6.92 Å². The molecule has 1 saturated heterocycles. The number of carbonyl (C=O) groups excluding carboxylic acids is 1. The van der Waals surface area contributed by atoms with E-state index in [1.807, 2.05) is 0 Å². The summed E-state index contributed by atoms with van der Waals surface area (Å²) in [5, 5.41) is 0. The topological polar surface area (TPSA) is 66.5 Å². The Morgan fingerprint density at radius 3 is 2.46 bits per heavy atom. The molecule has 5 nitrogen and oxygen atoms in total. The van der Waals surface area contributed by atoms with Crippen molar-refractivity contribution >= 4 is 15.9 Å². The second-order valence-electron chi connectivity index (χ2n) is 5.75. The number of halogens is 3. The fourth-order valence-electron chi connectivity index (χ4n) is 2.61. The summed E-state index contributed by atoms with van der Waals surface area (Å²) in [6.07, 6.45) is -3.47. The molecular formula is C15H19F3N2O3S. The second-order valence-corrected chi connectivity index (χ2v) is 7.62. The van der Waals surface area contributed by atoms with E-state index < -0.39 is 27.7 Å². The molecule has 0 spiro atoms. The average molecular weight is 364 g/mol. The van der Waals surface area contributed by atoms with Crippen molar-refractivity contribution < 1.29 is 26.4 Å². The van der Waals surface area contributed by atoms with Crippen LogP contribution in [0, 0.1) is 0 Å². The molecule has 1 unspecified atom stereocenters. The first-order valence-electron chi connectivity index (χ1n) is 7.59. The molecule has 1 atom stereocenters. The number of nitrogens with one attached hydrogen (secondary N) is 1. The number of hydrogen-bond donors (Lipinski definition) is 1. The third-order valence-corrected chi connectivity index (χ3v) is 5.39. The first kappa shape index (κ1) is 18.7. The van der Waals surface area contributed by atoms with Crippen molar-refractivity contribution in [2.24, 2.45) is 0 Å². The minimum Gasteiger partial charge on any atom is -0.337 e. The van der Waals surface area contributed by atoms with Crippen LogP contribution in [-0.4, -0.2) is 44.1 Å². The second kappa shape index (κ2) is 7.10. The Hall–Kier alpha value is -1.61. The molecule has 0 saturated carbocycles. The molecule has 2 rings (SSSR count). The van der Waals surface area contributed by atoms with Crippen LogP contribution in [0.1, 0.15) is 35.7 Å². The van der Waals surface area contributed by atoms with E-state index in [9.17, 15) is 26.4 Å². The van der Waals surface area contributed by atoms with Gasteiger partial charge in [0.05, 0.1) is 11.3 Å². The van der Waals surface area contributed by atoms with Gasteiger partial charge in [0, 0.05) is 24.7 Å². The van der Waals surface area contributed by atoms with Gasteiger partial charge in [0.2, 0.25) is 10.0 Å². The number of benzene rings is 1. The highest BCUT2D eigenvalue weighted by atomic mass is 32.2. The minimum absolute atomic E-state index is 0.0242. The number of sulfonamides is 1. The SMILES string of the molecule is CCCS(=O)(=O)NC1CCN(C(=O)c2ccc(C(F)(F)F)cc2)C1. The Labute approximate surface area is 138 Å². The highest BCUT2D eigenvalue weighted by molar-refractivity contribution is 7.89. The van der Waals surface area contributed by atoms with Crippen LogP contribution in [-0.2, 0) is 16.2 Å². The Morgan fingerprint density at radius 2 is 1.92 bits per heavy atom. The maximum Gasteiger partial charge on any atom is 0.416 e. The summed E-state index contributed by atoms with van der Waals surface area (Å²) >= 11 is 0. The number of hydrogen-bond acceptors (Lipinski definition) is 3. The van der Waals surface area contributed by atoms with Gasteiger partial charge in [-0.15, -0.1) is 0 Å². The number of amides is 1. The largest absolute Gasteiger partial charge is 0.416 e. The molecule has 1 aliphatic heterocycles. The molecule has 0 bridgehead atoms. The molecule has 1 heterocycles. The zero-order valence-electron chi connectivity index (χ0n) is 13.1. The molecule has 134 valence electrons. The quantitative estimate of drug-likeness (QED) is 0.871. The maximum absolute atomic E-state index is 12.5. The Balaban J connectivity index is 1.99. The summed E-state index contributed by atoms with van der Waals surface area (Å²) < 4.78 is 63.6. The van der Waals surface area contributed by atoms with Crippen molar-refractivity contribution in [1.82, 2.24) is 9.62 Å². The van der Waals surface area contributed by atoms with Crippen molar-refractivity contribution in [1.29, 1.82) is 0 Å². The molecule has 1 amide bonds. The monoisotopic (exact) mass is 364 g/mol. The summed E-state index contributed by atoms with van der Waals surface area (Å²) in [4.78, 5) is 13.8. The van der Waals surface area contributed by atoms with Crippen LogP contribution in [0.15, 0.2) is 24.3 Å². The molecule has 0 radical (unpaired) electrons. The van der Waals surface area contributed by atoms with Gasteiger partial charge in [-0.2, -0.15) is 13.2 Å². The van der Waals surface area contributed by atoms with Crippen molar-refractivity contribution in [2.45, 2.75) is 32.0 Å². The summed E-state index contributed by atoms with van der Waals surface area (Å²) in [6, 6.07) is 3.65. The van der Waals surface area contributed by atoms with Gasteiger partial charge in [0.15, 0.2) is 0 Å². The van der Waals surface area contributed by atoms with E-state index in [1.165, 1.54) is 4.90 Å². The van der Waals surface area contributed by atoms with Crippen LogP contribution in [0.3, 0.4) is 0 Å². The third-order valence-electron chi connectivity index (χ3n) is 3.75. The van der Waals surface area contributed by atoms with Crippen molar-refractivity contribution in [3.63, 3.8) is 0 Å². The van der Waals surface area contributed by atoms with Crippen LogP contribution in [0.4, 0.5) is 13.2 Å². The molecule has 0 aromatic heterocycles. The summed E-state index contributed by atoms with van der Waals surface area (Å²) in [5.74, 6) is -0.378. The van der Waals surface area contributed by atoms with E-state index in [-0.39, 0.29) is 23.9 Å². The van der Waals surface area contributed by atoms with Gasteiger partial charge in [-0.25, -0.2) is 13.1 Å². The van der Waals surface area contributed by atoms with E-state index in [0.717, 1.165) is 24.3 Å². The average Bonchev–Trinajstić information content (AvgIpc) is 2.93. The Morgan fingerprint density at radius 1 is 1.29 bits per heavy atom. The number of rotatable bonds is 5. The van der Waals surface area contributed by atoms with E-state index in [2.05, 4.69) is 4.72 Å². The van der Waals surface area contributed by atoms with Crippen molar-refractivity contribution in [3.05, 3.63) is 35.4 Å². The lowest BCUT2D eigenvalue weighted by molar-refractivity contribution is -0.137. The predicted octanol–water partition coefficient (Wildman–Crippen LogP) is 2.25. The molecule has 24 heavy (non-hydrogen) atoms. The molecule has 1 aromatic carbocycles. The highest BCUT2D eigenvalue weighted by Gasteiger charge is 2.32. The molecule has 1 N–H and O–H groups in total. The maximum atomic E-state index is 12.5. The van der Waals surface area contributed by atoms with Crippen LogP contribution in [0.5, 0.6) is 0 Å². The first-order valence-corrected chi connectivity index (χ1v) is 9.24. The molecule has 1 fully saturated rings. The highest BCUT2D eigenvalue weighted by Crippen LogP contribution is 2.29. The first-order chi connectivity index (χ1) is 11.1. The number of carbonyl (C=O) groups is 1. The smallest absolute Gasteiger partial charge is 0.337 e. The predicted molar refractivity (Wildman–Crippen MR) is 83.0 cm³/mol. The minimum atomic E-state index is -4.45. The molecule has 9 heteroatoms. The molecule has 1 aliphatic rings. The summed E-state index contributed by atoms with van der Waals surface area (Å²) in [6.45, 7) is 2.33. The molecule has 1 aromatic rings. The van der Waals surface area contributed by atoms with Crippen LogP contribution in [0.25, 0.3) is 0 Å². The van der Waals surface area contributed by atoms with E-state index in [0.29, 0.717) is 19.4 Å². The zero-order chi connectivity index (χ0) is 18.0. The van der Waals surface area contributed by atoms with Crippen LogP contribution >= 0.6 is 0 Å². The van der Waals surface area contributed by atoms with Crippen LogP contribution in [0.2, 0.25) is 0 Å². The number of alkyl halides is 3. The molecular weight excluding hydrogens is 345 g/mol. The molecule has 0 aliphatic carbocycles. The van der Waals surface area contributed by atoms with Crippen LogP contribution < -0.4 is 4.72 Å². The Kier molecular flexibility index (Phi) is 5.54. The zero-order valence-corrected chi connectivity index (χ0v) is 14.0. The fraction of sp³-hybridized carbons (Fsp3) is 0.533. The fourth-order valence-corrected chi connectivity index (χ4v) is 3.96. The lowest BCUT2D eigenvalue weighted by atomic mass is 10.1. The standard InChI is InChI=1S/C15H19F3N2O3S/c1-2-9-24(22,23)19-13-7-8-20(10-13)14(21)11-3-5-12(6-4-11)15(16,17)18/h3-6,13,19H,2,7-10H2,1H3. The Bertz CT molecular complexity index is 687. The van der Waals surface area contributed by atoms with Gasteiger partial charge < -0.3 is 4.90 Å². The van der Waals surface area contributed by atoms with Gasteiger partial charge in [0.1, 0.15) is 0 Å². The summed E-state index contributed by atoms with van der Waals surface area (Å²) in [7, 11) is -3.36. The normalized spacial score (nSPS) is 18.8. The number of nitrogens with zero attached hydrogens (tertiary/aromatic N) is 1. The van der Waals surface area contributed by atoms with E-state index in [4.69, 9.17) is 0 Å². The van der Waals surface area contributed by atoms with Crippen molar-refractivity contribution in [3.8, 4) is 0 Å². The van der Waals surface area contributed by atoms with Gasteiger partial charge in [-0.05, 0) is 37.1 Å². The third kappa shape index (κ3) is 4.70.